The minimum absolute atomic E-state index is 0.145. The summed E-state index contributed by atoms with van der Waals surface area (Å²) >= 11 is 0. The fourth-order valence-corrected chi connectivity index (χ4v) is 1.60. The van der Waals surface area contributed by atoms with Crippen molar-refractivity contribution in [1.29, 1.82) is 0 Å². The van der Waals surface area contributed by atoms with Crippen molar-refractivity contribution in [2.75, 3.05) is 13.7 Å². The first-order valence-corrected chi connectivity index (χ1v) is 5.21. The molecule has 0 radical (unpaired) electrons. The third-order valence-corrected chi connectivity index (χ3v) is 2.58. The van der Waals surface area contributed by atoms with Gasteiger partial charge < -0.3 is 20.1 Å². The van der Waals surface area contributed by atoms with E-state index >= 15 is 0 Å². The van der Waals surface area contributed by atoms with E-state index in [2.05, 4.69) is 0 Å². The highest BCUT2D eigenvalue weighted by atomic mass is 16.5. The Hall–Kier alpha value is -1.10. The summed E-state index contributed by atoms with van der Waals surface area (Å²) in [7, 11) is 1.57. The van der Waals surface area contributed by atoms with Crippen LogP contribution in [0.1, 0.15) is 23.7 Å². The van der Waals surface area contributed by atoms with Gasteiger partial charge in [-0.05, 0) is 36.6 Å². The smallest absolute Gasteiger partial charge is 0.119 e. The van der Waals surface area contributed by atoms with E-state index in [-0.39, 0.29) is 13.0 Å². The number of hydrogen-bond acceptors (Lipinski definition) is 4. The number of aliphatic hydroxyl groups is 3. The fraction of sp³-hybridized carbons (Fsp3) is 0.500. The molecule has 0 aliphatic rings. The second-order valence-electron chi connectivity index (χ2n) is 3.75. The van der Waals surface area contributed by atoms with Gasteiger partial charge in [0.2, 0.25) is 0 Å². The van der Waals surface area contributed by atoms with Gasteiger partial charge in [0.15, 0.2) is 0 Å². The molecule has 2 unspecified atom stereocenters. The van der Waals surface area contributed by atoms with Crippen LogP contribution in [0.25, 0.3) is 0 Å². The highest BCUT2D eigenvalue weighted by Gasteiger charge is 2.19. The van der Waals surface area contributed by atoms with Crippen molar-refractivity contribution >= 4 is 0 Å². The van der Waals surface area contributed by atoms with Crippen LogP contribution >= 0.6 is 0 Å². The second kappa shape index (κ2) is 5.84. The van der Waals surface area contributed by atoms with Gasteiger partial charge in [0, 0.05) is 6.61 Å². The van der Waals surface area contributed by atoms with Gasteiger partial charge in [0.1, 0.15) is 11.9 Å². The van der Waals surface area contributed by atoms with Crippen molar-refractivity contribution in [3.63, 3.8) is 0 Å². The van der Waals surface area contributed by atoms with Crippen molar-refractivity contribution < 1.29 is 20.1 Å². The molecule has 0 saturated heterocycles. The van der Waals surface area contributed by atoms with Gasteiger partial charge in [0.05, 0.1) is 13.2 Å². The summed E-state index contributed by atoms with van der Waals surface area (Å²) in [5.41, 5.74) is 1.51. The average molecular weight is 226 g/mol. The lowest BCUT2D eigenvalue weighted by Gasteiger charge is -2.19. The third-order valence-electron chi connectivity index (χ3n) is 2.58. The summed E-state index contributed by atoms with van der Waals surface area (Å²) in [5, 5.41) is 28.1. The molecule has 1 rings (SSSR count). The van der Waals surface area contributed by atoms with Gasteiger partial charge >= 0.3 is 0 Å². The fourth-order valence-electron chi connectivity index (χ4n) is 1.60. The molecule has 0 amide bonds. The predicted octanol–water partition coefficient (Wildman–Crippen LogP) is 0.780. The molecule has 0 aliphatic carbocycles. The Morgan fingerprint density at radius 2 is 2.00 bits per heavy atom. The minimum Gasteiger partial charge on any atom is -0.497 e. The largest absolute Gasteiger partial charge is 0.497 e. The number of hydrogen-bond donors (Lipinski definition) is 3. The predicted molar refractivity (Wildman–Crippen MR) is 60.4 cm³/mol. The van der Waals surface area contributed by atoms with E-state index < -0.39 is 12.2 Å². The molecular formula is C12H18O4. The molecule has 0 fully saturated rings. The number of methoxy groups -OCH3 is 1. The van der Waals surface area contributed by atoms with E-state index in [1.165, 1.54) is 0 Å². The normalized spacial score (nSPS) is 14.6. The summed E-state index contributed by atoms with van der Waals surface area (Å²) in [6.45, 7) is 1.69. The van der Waals surface area contributed by atoms with Crippen molar-refractivity contribution in [1.82, 2.24) is 0 Å². The van der Waals surface area contributed by atoms with Crippen LogP contribution < -0.4 is 4.74 Å². The van der Waals surface area contributed by atoms with Crippen molar-refractivity contribution in [2.45, 2.75) is 25.6 Å². The van der Waals surface area contributed by atoms with E-state index in [4.69, 9.17) is 9.84 Å². The highest BCUT2D eigenvalue weighted by molar-refractivity contribution is 5.36. The van der Waals surface area contributed by atoms with Crippen molar-refractivity contribution in [2.24, 2.45) is 0 Å². The van der Waals surface area contributed by atoms with Crippen LogP contribution in [-0.2, 0) is 0 Å². The first kappa shape index (κ1) is 13.0. The Kier molecular flexibility index (Phi) is 4.73. The summed E-state index contributed by atoms with van der Waals surface area (Å²) in [4.78, 5) is 0. The van der Waals surface area contributed by atoms with E-state index in [1.54, 1.807) is 25.3 Å². The Morgan fingerprint density at radius 3 is 2.50 bits per heavy atom. The van der Waals surface area contributed by atoms with Crippen LogP contribution in [0.4, 0.5) is 0 Å². The first-order valence-electron chi connectivity index (χ1n) is 5.21. The molecule has 90 valence electrons. The zero-order chi connectivity index (χ0) is 12.1. The summed E-state index contributed by atoms with van der Waals surface area (Å²) in [6.07, 6.45) is -1.76. The van der Waals surface area contributed by atoms with Crippen LogP contribution in [0.3, 0.4) is 0 Å². The summed E-state index contributed by atoms with van der Waals surface area (Å²) in [6, 6.07) is 5.25. The molecule has 3 N–H and O–H groups in total. The molecule has 0 saturated carbocycles. The standard InChI is InChI=1S/C12H18O4/c1-8-7-9(16-2)3-4-10(8)12(15)11(14)5-6-13/h3-4,7,11-15H,5-6H2,1-2H3. The minimum atomic E-state index is -0.974. The summed E-state index contributed by atoms with van der Waals surface area (Å²) < 4.78 is 5.05. The molecule has 0 heterocycles. The number of aliphatic hydroxyl groups excluding tert-OH is 3. The maximum absolute atomic E-state index is 9.86. The molecule has 16 heavy (non-hydrogen) atoms. The number of rotatable bonds is 5. The molecular weight excluding hydrogens is 208 g/mol. The Morgan fingerprint density at radius 1 is 1.31 bits per heavy atom. The van der Waals surface area contributed by atoms with E-state index in [0.717, 1.165) is 5.56 Å². The molecule has 1 aromatic carbocycles. The molecule has 0 aromatic heterocycles. The lowest BCUT2D eigenvalue weighted by Crippen LogP contribution is -2.20. The van der Waals surface area contributed by atoms with Gasteiger partial charge in [-0.2, -0.15) is 0 Å². The molecule has 0 bridgehead atoms. The third kappa shape index (κ3) is 2.95. The Bertz CT molecular complexity index is 338. The van der Waals surface area contributed by atoms with E-state index in [1.807, 2.05) is 6.92 Å². The van der Waals surface area contributed by atoms with Crippen molar-refractivity contribution in [3.05, 3.63) is 29.3 Å². The topological polar surface area (TPSA) is 69.9 Å². The highest BCUT2D eigenvalue weighted by Crippen LogP contribution is 2.25. The average Bonchev–Trinajstić information content (AvgIpc) is 2.28. The van der Waals surface area contributed by atoms with Crippen LogP contribution in [0.15, 0.2) is 18.2 Å². The van der Waals surface area contributed by atoms with Crippen LogP contribution in [0.2, 0.25) is 0 Å². The first-order chi connectivity index (χ1) is 7.60. The van der Waals surface area contributed by atoms with Gasteiger partial charge in [0.25, 0.3) is 0 Å². The summed E-state index contributed by atoms with van der Waals surface area (Å²) in [5.74, 6) is 0.713. The monoisotopic (exact) mass is 226 g/mol. The zero-order valence-electron chi connectivity index (χ0n) is 9.55. The zero-order valence-corrected chi connectivity index (χ0v) is 9.55. The van der Waals surface area contributed by atoms with Crippen LogP contribution in [0.5, 0.6) is 5.75 Å². The number of aryl methyl sites for hydroxylation is 1. The molecule has 2 atom stereocenters. The molecule has 4 nitrogen and oxygen atoms in total. The Labute approximate surface area is 95.1 Å². The molecule has 1 aromatic rings. The molecule has 4 heteroatoms. The van der Waals surface area contributed by atoms with Gasteiger partial charge in [-0.1, -0.05) is 6.07 Å². The van der Waals surface area contributed by atoms with Gasteiger partial charge in [-0.15, -0.1) is 0 Å². The lowest BCUT2D eigenvalue weighted by molar-refractivity contribution is 0.00386. The van der Waals surface area contributed by atoms with Crippen LogP contribution in [0, 0.1) is 6.92 Å². The lowest BCUT2D eigenvalue weighted by atomic mass is 9.98. The van der Waals surface area contributed by atoms with E-state index in [0.29, 0.717) is 11.3 Å². The van der Waals surface area contributed by atoms with Gasteiger partial charge in [-0.25, -0.2) is 0 Å². The SMILES string of the molecule is COc1ccc(C(O)C(O)CCO)c(C)c1. The Balaban J connectivity index is 2.87. The maximum atomic E-state index is 9.86. The van der Waals surface area contributed by atoms with Gasteiger partial charge in [-0.3, -0.25) is 0 Å². The second-order valence-corrected chi connectivity index (χ2v) is 3.75. The molecule has 0 aliphatic heterocycles. The number of benzene rings is 1. The number of ether oxygens (including phenoxy) is 1. The quantitative estimate of drug-likeness (QED) is 0.694. The van der Waals surface area contributed by atoms with Crippen LogP contribution in [-0.4, -0.2) is 35.1 Å². The van der Waals surface area contributed by atoms with E-state index in [9.17, 15) is 10.2 Å². The maximum Gasteiger partial charge on any atom is 0.119 e. The molecule has 0 spiro atoms. The van der Waals surface area contributed by atoms with Crippen molar-refractivity contribution in [3.8, 4) is 5.75 Å².